The molecule has 1 aliphatic rings. The Morgan fingerprint density at radius 2 is 1.48 bits per heavy atom. The van der Waals surface area contributed by atoms with Gasteiger partial charge in [0.2, 0.25) is 5.91 Å². The standard InChI is InChI=1S/C21H18F3N3O4/c22-21(23,24)12-25-18(29)15-8-3-4-9-16(15)26-17(28)10-5-11-27-19(30)13-6-1-2-7-14(13)20(27)31/h1-4,6-9H,5,10-12H2,(H,25,29)(H,26,28). The lowest BCUT2D eigenvalue weighted by atomic mass is 10.1. The first-order valence-corrected chi connectivity index (χ1v) is 9.36. The van der Waals surface area contributed by atoms with E-state index in [4.69, 9.17) is 0 Å². The van der Waals surface area contributed by atoms with E-state index < -0.39 is 36.3 Å². The average Bonchev–Trinajstić information content (AvgIpc) is 2.97. The molecule has 0 saturated carbocycles. The highest BCUT2D eigenvalue weighted by molar-refractivity contribution is 6.21. The van der Waals surface area contributed by atoms with Crippen LogP contribution in [0.3, 0.4) is 0 Å². The minimum atomic E-state index is -4.56. The number of hydrogen-bond donors (Lipinski definition) is 2. The van der Waals surface area contributed by atoms with Crippen LogP contribution in [0.1, 0.15) is 43.9 Å². The van der Waals surface area contributed by atoms with Crippen LogP contribution in [-0.2, 0) is 4.79 Å². The molecule has 4 amide bonds. The molecular formula is C21H18F3N3O4. The van der Waals surface area contributed by atoms with Gasteiger partial charge in [-0.1, -0.05) is 24.3 Å². The van der Waals surface area contributed by atoms with Gasteiger partial charge in [0.05, 0.1) is 22.4 Å². The molecule has 1 aliphatic heterocycles. The van der Waals surface area contributed by atoms with Crippen LogP contribution in [0.25, 0.3) is 0 Å². The molecule has 7 nitrogen and oxygen atoms in total. The van der Waals surface area contributed by atoms with Gasteiger partial charge in [-0.2, -0.15) is 13.2 Å². The Labute approximate surface area is 175 Å². The molecule has 0 spiro atoms. The third kappa shape index (κ3) is 5.27. The van der Waals surface area contributed by atoms with E-state index in [0.29, 0.717) is 11.1 Å². The lowest BCUT2D eigenvalue weighted by molar-refractivity contribution is -0.123. The Morgan fingerprint density at radius 1 is 0.903 bits per heavy atom. The Balaban J connectivity index is 1.55. The maximum atomic E-state index is 12.3. The maximum Gasteiger partial charge on any atom is 0.405 e. The number of nitrogens with one attached hydrogen (secondary N) is 2. The number of alkyl halides is 3. The first-order valence-electron chi connectivity index (χ1n) is 9.36. The molecular weight excluding hydrogens is 415 g/mol. The molecule has 0 aromatic heterocycles. The Morgan fingerprint density at radius 3 is 2.10 bits per heavy atom. The molecule has 0 saturated heterocycles. The normalized spacial score (nSPS) is 13.2. The van der Waals surface area contributed by atoms with Crippen molar-refractivity contribution in [2.75, 3.05) is 18.4 Å². The van der Waals surface area contributed by atoms with E-state index in [0.717, 1.165) is 4.90 Å². The summed E-state index contributed by atoms with van der Waals surface area (Å²) in [5.41, 5.74) is 0.583. The van der Waals surface area contributed by atoms with Gasteiger partial charge in [0.15, 0.2) is 0 Å². The quantitative estimate of drug-likeness (QED) is 0.657. The molecule has 0 aliphatic carbocycles. The van der Waals surface area contributed by atoms with Crippen LogP contribution in [0, 0.1) is 0 Å². The monoisotopic (exact) mass is 433 g/mol. The lowest BCUT2D eigenvalue weighted by Gasteiger charge is -2.14. The van der Waals surface area contributed by atoms with Gasteiger partial charge < -0.3 is 10.6 Å². The minimum absolute atomic E-state index is 0.0352. The molecule has 2 aromatic carbocycles. The molecule has 10 heteroatoms. The van der Waals surface area contributed by atoms with Crippen molar-refractivity contribution in [2.45, 2.75) is 19.0 Å². The van der Waals surface area contributed by atoms with E-state index in [-0.39, 0.29) is 30.6 Å². The highest BCUT2D eigenvalue weighted by Crippen LogP contribution is 2.23. The summed E-state index contributed by atoms with van der Waals surface area (Å²) in [5, 5.41) is 4.24. The zero-order valence-corrected chi connectivity index (χ0v) is 16.2. The summed E-state index contributed by atoms with van der Waals surface area (Å²) in [6.07, 6.45) is -4.44. The van der Waals surface area contributed by atoms with Gasteiger partial charge in [-0.05, 0) is 30.7 Å². The molecule has 0 fully saturated rings. The van der Waals surface area contributed by atoms with Crippen molar-refractivity contribution in [2.24, 2.45) is 0 Å². The molecule has 0 unspecified atom stereocenters. The molecule has 1 heterocycles. The smallest absolute Gasteiger partial charge is 0.343 e. The number of anilines is 1. The predicted octanol–water partition coefficient (Wildman–Crippen LogP) is 2.99. The molecule has 162 valence electrons. The molecule has 3 rings (SSSR count). The number of para-hydroxylation sites is 1. The molecule has 31 heavy (non-hydrogen) atoms. The topological polar surface area (TPSA) is 95.6 Å². The van der Waals surface area contributed by atoms with Gasteiger partial charge in [0, 0.05) is 13.0 Å². The van der Waals surface area contributed by atoms with Crippen molar-refractivity contribution < 1.29 is 32.3 Å². The third-order valence-corrected chi connectivity index (χ3v) is 4.56. The van der Waals surface area contributed by atoms with E-state index >= 15 is 0 Å². The van der Waals surface area contributed by atoms with Crippen molar-refractivity contribution in [1.82, 2.24) is 10.2 Å². The number of imide groups is 1. The number of hydrogen-bond acceptors (Lipinski definition) is 4. The van der Waals surface area contributed by atoms with Crippen LogP contribution >= 0.6 is 0 Å². The first-order chi connectivity index (χ1) is 14.7. The van der Waals surface area contributed by atoms with Crippen molar-refractivity contribution >= 4 is 29.3 Å². The summed E-state index contributed by atoms with van der Waals surface area (Å²) < 4.78 is 36.9. The van der Waals surface area contributed by atoms with Gasteiger partial charge in [0.25, 0.3) is 17.7 Å². The predicted molar refractivity (Wildman–Crippen MR) is 105 cm³/mol. The van der Waals surface area contributed by atoms with Crippen LogP contribution in [0.15, 0.2) is 48.5 Å². The zero-order chi connectivity index (χ0) is 22.6. The van der Waals surface area contributed by atoms with E-state index in [1.165, 1.54) is 24.3 Å². The number of halogens is 3. The summed E-state index contributed by atoms with van der Waals surface area (Å²) in [5.74, 6) is -2.33. The molecule has 2 aromatic rings. The fourth-order valence-corrected chi connectivity index (χ4v) is 3.12. The van der Waals surface area contributed by atoms with Crippen LogP contribution in [0.4, 0.5) is 18.9 Å². The van der Waals surface area contributed by atoms with Gasteiger partial charge in [-0.25, -0.2) is 0 Å². The summed E-state index contributed by atoms with van der Waals surface area (Å²) in [7, 11) is 0. The minimum Gasteiger partial charge on any atom is -0.343 e. The van der Waals surface area contributed by atoms with Gasteiger partial charge >= 0.3 is 6.18 Å². The second kappa shape index (κ2) is 8.99. The zero-order valence-electron chi connectivity index (χ0n) is 16.2. The van der Waals surface area contributed by atoms with Gasteiger partial charge in [0.1, 0.15) is 6.54 Å². The Kier molecular flexibility index (Phi) is 6.38. The molecule has 0 radical (unpaired) electrons. The highest BCUT2D eigenvalue weighted by Gasteiger charge is 2.34. The number of fused-ring (bicyclic) bond motifs is 1. The van der Waals surface area contributed by atoms with E-state index in [2.05, 4.69) is 5.32 Å². The van der Waals surface area contributed by atoms with Crippen LogP contribution in [-0.4, -0.2) is 47.8 Å². The summed E-state index contributed by atoms with van der Waals surface area (Å²) in [4.78, 5) is 49.9. The summed E-state index contributed by atoms with van der Waals surface area (Å²) >= 11 is 0. The molecule has 0 atom stereocenters. The highest BCUT2D eigenvalue weighted by atomic mass is 19.4. The Hall–Kier alpha value is -3.69. The van der Waals surface area contributed by atoms with E-state index in [1.807, 2.05) is 0 Å². The number of benzene rings is 2. The summed E-state index contributed by atoms with van der Waals surface area (Å²) in [6.45, 7) is -1.46. The van der Waals surface area contributed by atoms with E-state index in [9.17, 15) is 32.3 Å². The fourth-order valence-electron chi connectivity index (χ4n) is 3.12. The number of carbonyl (C=O) groups excluding carboxylic acids is 4. The number of carbonyl (C=O) groups is 4. The van der Waals surface area contributed by atoms with Crippen LogP contribution < -0.4 is 10.6 Å². The molecule has 0 bridgehead atoms. The third-order valence-electron chi connectivity index (χ3n) is 4.56. The second-order valence-electron chi connectivity index (χ2n) is 6.80. The number of amides is 4. The largest absolute Gasteiger partial charge is 0.405 e. The van der Waals surface area contributed by atoms with Gasteiger partial charge in [-0.3, -0.25) is 24.1 Å². The number of nitrogens with zero attached hydrogens (tertiary/aromatic N) is 1. The van der Waals surface area contributed by atoms with Crippen LogP contribution in [0.5, 0.6) is 0 Å². The second-order valence-corrected chi connectivity index (χ2v) is 6.80. The maximum absolute atomic E-state index is 12.3. The molecule has 2 N–H and O–H groups in total. The lowest BCUT2D eigenvalue weighted by Crippen LogP contribution is -2.34. The van der Waals surface area contributed by atoms with Gasteiger partial charge in [-0.15, -0.1) is 0 Å². The fraction of sp³-hybridized carbons (Fsp3) is 0.238. The SMILES string of the molecule is O=C(CCCN1C(=O)c2ccccc2C1=O)Nc1ccccc1C(=O)NCC(F)(F)F. The van der Waals surface area contributed by atoms with Crippen molar-refractivity contribution in [3.05, 3.63) is 65.2 Å². The first kappa shape index (κ1) is 22.0. The Bertz CT molecular complexity index is 1000. The summed E-state index contributed by atoms with van der Waals surface area (Å²) in [6, 6.07) is 12.1. The average molecular weight is 433 g/mol. The van der Waals surface area contributed by atoms with Crippen molar-refractivity contribution in [3.63, 3.8) is 0 Å². The number of rotatable bonds is 7. The van der Waals surface area contributed by atoms with Crippen molar-refractivity contribution in [1.29, 1.82) is 0 Å². The van der Waals surface area contributed by atoms with E-state index in [1.54, 1.807) is 29.6 Å². The van der Waals surface area contributed by atoms with Crippen LogP contribution in [0.2, 0.25) is 0 Å². The van der Waals surface area contributed by atoms with Crippen molar-refractivity contribution in [3.8, 4) is 0 Å².